The molecule has 2 aromatic carbocycles. The number of anilines is 1. The van der Waals surface area contributed by atoms with Crippen molar-refractivity contribution in [3.8, 4) is 0 Å². The Labute approximate surface area is 194 Å². The lowest BCUT2D eigenvalue weighted by molar-refractivity contribution is -0.385. The molecule has 0 saturated carbocycles. The Morgan fingerprint density at radius 1 is 1.18 bits per heavy atom. The van der Waals surface area contributed by atoms with Gasteiger partial charge in [-0.3, -0.25) is 19.7 Å². The minimum atomic E-state index is -0.486. The van der Waals surface area contributed by atoms with Gasteiger partial charge in [0, 0.05) is 29.9 Å². The zero-order chi connectivity index (χ0) is 24.1. The van der Waals surface area contributed by atoms with Gasteiger partial charge in [0.05, 0.1) is 16.7 Å². The first kappa shape index (κ1) is 23.9. The highest BCUT2D eigenvalue weighted by Crippen LogP contribution is 2.23. The van der Waals surface area contributed by atoms with Crippen LogP contribution < -0.4 is 10.6 Å². The summed E-state index contributed by atoms with van der Waals surface area (Å²) in [5.41, 5.74) is 2.37. The van der Waals surface area contributed by atoms with Gasteiger partial charge in [-0.15, -0.1) is 10.2 Å². The highest BCUT2D eigenvalue weighted by Gasteiger charge is 2.19. The van der Waals surface area contributed by atoms with Crippen molar-refractivity contribution in [1.82, 2.24) is 20.1 Å². The first-order valence-electron chi connectivity index (χ1n) is 10.1. The summed E-state index contributed by atoms with van der Waals surface area (Å²) in [5.74, 6) is 0.0454. The maximum Gasteiger partial charge on any atom is 0.274 e. The number of carbonyl (C=O) groups excluding carboxylic acids is 2. The van der Waals surface area contributed by atoms with E-state index >= 15 is 0 Å². The number of thioether (sulfide) groups is 1. The Morgan fingerprint density at radius 3 is 2.64 bits per heavy atom. The molecule has 1 atom stereocenters. The fourth-order valence-corrected chi connectivity index (χ4v) is 3.89. The molecule has 0 aliphatic heterocycles. The van der Waals surface area contributed by atoms with Crippen LogP contribution in [0, 0.1) is 24.0 Å². The molecule has 0 spiro atoms. The van der Waals surface area contributed by atoms with Crippen LogP contribution in [0.5, 0.6) is 0 Å². The zero-order valence-corrected chi connectivity index (χ0v) is 19.5. The van der Waals surface area contributed by atoms with E-state index < -0.39 is 11.0 Å². The first-order valence-corrected chi connectivity index (χ1v) is 11.1. The molecule has 1 aromatic heterocycles. The van der Waals surface area contributed by atoms with E-state index in [4.69, 9.17) is 0 Å². The number of nitrogens with zero attached hydrogens (tertiary/aromatic N) is 4. The number of aromatic nitrogens is 3. The molecule has 2 amide bonds. The fourth-order valence-electron chi connectivity index (χ4n) is 3.17. The molecule has 172 valence electrons. The minimum absolute atomic E-state index is 0.0394. The number of carbonyl (C=O) groups is 2. The summed E-state index contributed by atoms with van der Waals surface area (Å²) in [6, 6.07) is 11.4. The molecule has 0 aliphatic carbocycles. The summed E-state index contributed by atoms with van der Waals surface area (Å²) in [4.78, 5) is 35.4. The van der Waals surface area contributed by atoms with E-state index in [-0.39, 0.29) is 23.3 Å². The average molecular weight is 469 g/mol. The van der Waals surface area contributed by atoms with Crippen molar-refractivity contribution in [2.75, 3.05) is 11.1 Å². The molecule has 3 rings (SSSR count). The largest absolute Gasteiger partial charge is 0.342 e. The number of nitro groups is 1. The van der Waals surface area contributed by atoms with Gasteiger partial charge in [-0.1, -0.05) is 35.5 Å². The zero-order valence-electron chi connectivity index (χ0n) is 18.7. The highest BCUT2D eigenvalue weighted by atomic mass is 32.2. The Bertz CT molecular complexity index is 1210. The van der Waals surface area contributed by atoms with Gasteiger partial charge in [-0.2, -0.15) is 0 Å². The number of rotatable bonds is 8. The number of benzene rings is 2. The van der Waals surface area contributed by atoms with Crippen molar-refractivity contribution in [1.29, 1.82) is 0 Å². The molecule has 0 unspecified atom stereocenters. The third-order valence-corrected chi connectivity index (χ3v) is 5.93. The molecule has 33 heavy (non-hydrogen) atoms. The van der Waals surface area contributed by atoms with Crippen molar-refractivity contribution in [3.63, 3.8) is 0 Å². The van der Waals surface area contributed by atoms with E-state index in [1.807, 2.05) is 26.0 Å². The molecule has 3 aromatic rings. The molecule has 2 N–H and O–H groups in total. The normalized spacial score (nSPS) is 11.6. The molecule has 0 aliphatic rings. The van der Waals surface area contributed by atoms with Crippen molar-refractivity contribution in [2.24, 2.45) is 7.05 Å². The van der Waals surface area contributed by atoms with E-state index in [0.29, 0.717) is 27.8 Å². The van der Waals surface area contributed by atoms with Gasteiger partial charge in [-0.25, -0.2) is 0 Å². The molecule has 10 nitrogen and oxygen atoms in total. The minimum Gasteiger partial charge on any atom is -0.342 e. The van der Waals surface area contributed by atoms with Crippen LogP contribution in [0.1, 0.15) is 40.3 Å². The number of hydrogen-bond donors (Lipinski definition) is 2. The Morgan fingerprint density at radius 2 is 1.94 bits per heavy atom. The second kappa shape index (κ2) is 10.3. The van der Waals surface area contributed by atoms with Crippen LogP contribution in [0.25, 0.3) is 0 Å². The molecule has 11 heteroatoms. The van der Waals surface area contributed by atoms with Crippen molar-refractivity contribution in [2.45, 2.75) is 32.0 Å². The van der Waals surface area contributed by atoms with Crippen LogP contribution >= 0.6 is 11.8 Å². The van der Waals surface area contributed by atoms with Crippen molar-refractivity contribution >= 4 is 35.0 Å². The molecule has 0 bridgehead atoms. The second-order valence-electron chi connectivity index (χ2n) is 7.56. The summed E-state index contributed by atoms with van der Waals surface area (Å²) in [7, 11) is 1.76. The van der Waals surface area contributed by atoms with Crippen LogP contribution in [0.4, 0.5) is 11.4 Å². The highest BCUT2D eigenvalue weighted by molar-refractivity contribution is 7.99. The quantitative estimate of drug-likeness (QED) is 0.293. The van der Waals surface area contributed by atoms with E-state index in [1.54, 1.807) is 42.8 Å². The Hall–Kier alpha value is -3.73. The lowest BCUT2D eigenvalue weighted by Crippen LogP contribution is -2.28. The molecule has 0 saturated heterocycles. The second-order valence-corrected chi connectivity index (χ2v) is 8.50. The third-order valence-electron chi connectivity index (χ3n) is 4.91. The van der Waals surface area contributed by atoms with Crippen molar-refractivity contribution in [3.05, 3.63) is 75.1 Å². The summed E-state index contributed by atoms with van der Waals surface area (Å²) >= 11 is 1.17. The van der Waals surface area contributed by atoms with Gasteiger partial charge in [-0.05, 0) is 39.0 Å². The lowest BCUT2D eigenvalue weighted by atomic mass is 10.1. The number of aryl methyl sites for hydroxylation is 2. The summed E-state index contributed by atoms with van der Waals surface area (Å²) in [5, 5.41) is 25.4. The Balaban J connectivity index is 1.59. The van der Waals surface area contributed by atoms with Crippen LogP contribution in [-0.2, 0) is 11.8 Å². The summed E-state index contributed by atoms with van der Waals surface area (Å²) < 4.78 is 1.72. The molecular weight excluding hydrogens is 444 g/mol. The molecule has 0 fully saturated rings. The maximum absolute atomic E-state index is 12.5. The lowest BCUT2D eigenvalue weighted by Gasteiger charge is -2.14. The van der Waals surface area contributed by atoms with Gasteiger partial charge in [0.2, 0.25) is 5.91 Å². The molecular formula is C22H24N6O4S. The van der Waals surface area contributed by atoms with Crippen LogP contribution in [0.2, 0.25) is 0 Å². The van der Waals surface area contributed by atoms with Crippen LogP contribution in [-0.4, -0.2) is 37.3 Å². The smallest absolute Gasteiger partial charge is 0.274 e. The maximum atomic E-state index is 12.5. The van der Waals surface area contributed by atoms with Crippen LogP contribution in [0.3, 0.4) is 0 Å². The predicted octanol–water partition coefficient (Wildman–Crippen LogP) is 3.56. The standard InChI is InChI=1S/C22H24N6O4S/c1-13-6-5-7-16(10-13)21(30)23-15(3)20-25-26-22(27(20)4)33-12-19(29)24-17-9-8-14(2)18(11-17)28(31)32/h5-11,15H,12H2,1-4H3,(H,23,30)(H,24,29)/t15-/m1/s1. The number of amides is 2. The number of nitro benzene ring substituents is 1. The topological polar surface area (TPSA) is 132 Å². The van der Waals surface area contributed by atoms with Gasteiger partial charge < -0.3 is 15.2 Å². The van der Waals surface area contributed by atoms with Gasteiger partial charge in [0.15, 0.2) is 11.0 Å². The fraction of sp³-hybridized carbons (Fsp3) is 0.273. The monoisotopic (exact) mass is 468 g/mol. The molecule has 0 radical (unpaired) electrons. The first-order chi connectivity index (χ1) is 15.7. The van der Waals surface area contributed by atoms with Gasteiger partial charge in [0.1, 0.15) is 0 Å². The number of hydrogen-bond acceptors (Lipinski definition) is 7. The van der Waals surface area contributed by atoms with E-state index in [0.717, 1.165) is 5.56 Å². The Kier molecular flexibility index (Phi) is 7.44. The third kappa shape index (κ3) is 5.95. The van der Waals surface area contributed by atoms with Gasteiger partial charge >= 0.3 is 0 Å². The molecule has 1 heterocycles. The van der Waals surface area contributed by atoms with Gasteiger partial charge in [0.25, 0.3) is 11.6 Å². The van der Waals surface area contributed by atoms with E-state index in [2.05, 4.69) is 20.8 Å². The summed E-state index contributed by atoms with van der Waals surface area (Å²) in [6.45, 7) is 5.36. The summed E-state index contributed by atoms with van der Waals surface area (Å²) in [6.07, 6.45) is 0. The number of nitrogens with one attached hydrogen (secondary N) is 2. The van der Waals surface area contributed by atoms with E-state index in [9.17, 15) is 19.7 Å². The van der Waals surface area contributed by atoms with Crippen LogP contribution in [0.15, 0.2) is 47.6 Å². The average Bonchev–Trinajstić information content (AvgIpc) is 3.13. The van der Waals surface area contributed by atoms with E-state index in [1.165, 1.54) is 17.8 Å². The SMILES string of the molecule is Cc1cccc(C(=O)N[C@H](C)c2nnc(SCC(=O)Nc3ccc(C)c([N+](=O)[O-])c3)n2C)c1. The van der Waals surface area contributed by atoms with Crippen molar-refractivity contribution < 1.29 is 14.5 Å². The predicted molar refractivity (Wildman–Crippen MR) is 125 cm³/mol.